The first-order chi connectivity index (χ1) is 9.71. The van der Waals surface area contributed by atoms with Crippen LogP contribution in [0.2, 0.25) is 0 Å². The van der Waals surface area contributed by atoms with Gasteiger partial charge < -0.3 is 16.2 Å². The van der Waals surface area contributed by atoms with Gasteiger partial charge in [-0.1, -0.05) is 20.8 Å². The smallest absolute Gasteiger partial charge is 0.307 e. The number of carbonyl (C=O) groups is 2. The second-order valence-corrected chi connectivity index (χ2v) is 7.57. The SMILES string of the molecule is CSCC[C@H](N)C(=O)NC1CCC(C(=O)O)C(C)(C)C1C. The van der Waals surface area contributed by atoms with E-state index in [0.717, 1.165) is 5.75 Å². The first-order valence-corrected chi connectivity index (χ1v) is 8.88. The molecule has 122 valence electrons. The van der Waals surface area contributed by atoms with E-state index in [4.69, 9.17) is 5.73 Å². The molecule has 1 fully saturated rings. The summed E-state index contributed by atoms with van der Waals surface area (Å²) >= 11 is 1.67. The molecule has 0 aromatic heterocycles. The van der Waals surface area contributed by atoms with Crippen molar-refractivity contribution in [2.45, 2.75) is 52.1 Å². The molecule has 0 aromatic rings. The molecule has 4 N–H and O–H groups in total. The van der Waals surface area contributed by atoms with Gasteiger partial charge in [-0.25, -0.2) is 0 Å². The minimum absolute atomic E-state index is 0.00318. The number of hydrogen-bond acceptors (Lipinski definition) is 4. The zero-order chi connectivity index (χ0) is 16.2. The van der Waals surface area contributed by atoms with Gasteiger partial charge in [0.25, 0.3) is 0 Å². The number of carboxylic acid groups (broad SMARTS) is 1. The number of carboxylic acids is 1. The van der Waals surface area contributed by atoms with Crippen LogP contribution in [0, 0.1) is 17.3 Å². The van der Waals surface area contributed by atoms with Gasteiger partial charge in [0.1, 0.15) is 0 Å². The van der Waals surface area contributed by atoms with Gasteiger partial charge in [0.05, 0.1) is 12.0 Å². The van der Waals surface area contributed by atoms with E-state index in [1.807, 2.05) is 27.0 Å². The van der Waals surface area contributed by atoms with E-state index in [9.17, 15) is 14.7 Å². The van der Waals surface area contributed by atoms with E-state index in [2.05, 4.69) is 5.32 Å². The fourth-order valence-corrected chi connectivity index (χ4v) is 3.60. The molecule has 1 saturated carbocycles. The Balaban J connectivity index is 2.66. The molecule has 0 saturated heterocycles. The summed E-state index contributed by atoms with van der Waals surface area (Å²) in [6.45, 7) is 5.97. The fourth-order valence-electron chi connectivity index (χ4n) is 3.11. The number of amides is 1. The molecule has 6 heteroatoms. The van der Waals surface area contributed by atoms with E-state index < -0.39 is 12.0 Å². The van der Waals surface area contributed by atoms with Crippen molar-refractivity contribution in [3.8, 4) is 0 Å². The summed E-state index contributed by atoms with van der Waals surface area (Å²) in [4.78, 5) is 23.5. The minimum Gasteiger partial charge on any atom is -0.481 e. The number of thioether (sulfide) groups is 1. The van der Waals surface area contributed by atoms with E-state index in [0.29, 0.717) is 19.3 Å². The van der Waals surface area contributed by atoms with Crippen molar-refractivity contribution in [3.63, 3.8) is 0 Å². The second kappa shape index (κ2) is 7.49. The molecule has 5 nitrogen and oxygen atoms in total. The van der Waals surface area contributed by atoms with Gasteiger partial charge >= 0.3 is 5.97 Å². The third-order valence-corrected chi connectivity index (χ3v) is 5.68. The molecule has 0 heterocycles. The van der Waals surface area contributed by atoms with Gasteiger partial charge in [0.2, 0.25) is 5.91 Å². The Morgan fingerprint density at radius 3 is 2.57 bits per heavy atom. The zero-order valence-corrected chi connectivity index (χ0v) is 14.2. The zero-order valence-electron chi connectivity index (χ0n) is 13.4. The third-order valence-electron chi connectivity index (χ3n) is 5.04. The Kier molecular flexibility index (Phi) is 6.53. The number of nitrogens with two attached hydrogens (primary N) is 1. The Morgan fingerprint density at radius 2 is 2.05 bits per heavy atom. The van der Waals surface area contributed by atoms with Crippen LogP contribution in [0.15, 0.2) is 0 Å². The van der Waals surface area contributed by atoms with Crippen molar-refractivity contribution in [3.05, 3.63) is 0 Å². The molecule has 0 radical (unpaired) electrons. The summed E-state index contributed by atoms with van der Waals surface area (Å²) in [5.41, 5.74) is 5.55. The van der Waals surface area contributed by atoms with Crippen molar-refractivity contribution >= 4 is 23.6 Å². The Labute approximate surface area is 131 Å². The Morgan fingerprint density at radius 1 is 1.43 bits per heavy atom. The number of hydrogen-bond donors (Lipinski definition) is 3. The highest BCUT2D eigenvalue weighted by Gasteiger charge is 2.46. The lowest BCUT2D eigenvalue weighted by Crippen LogP contribution is -2.55. The maximum absolute atomic E-state index is 12.1. The molecule has 1 rings (SSSR count). The quantitative estimate of drug-likeness (QED) is 0.694. The molecule has 0 aromatic carbocycles. The highest BCUT2D eigenvalue weighted by atomic mass is 32.2. The maximum Gasteiger partial charge on any atom is 0.307 e. The van der Waals surface area contributed by atoms with Crippen LogP contribution < -0.4 is 11.1 Å². The van der Waals surface area contributed by atoms with Crippen molar-refractivity contribution in [1.82, 2.24) is 5.32 Å². The number of carbonyl (C=O) groups excluding carboxylic acids is 1. The van der Waals surface area contributed by atoms with Crippen molar-refractivity contribution in [1.29, 1.82) is 0 Å². The lowest BCUT2D eigenvalue weighted by Gasteiger charge is -2.46. The standard InChI is InChI=1S/C15H28N2O3S/c1-9-12(17-13(18)11(16)7-8-21-4)6-5-10(14(19)20)15(9,2)3/h9-12H,5-8,16H2,1-4H3,(H,17,18)(H,19,20)/t9?,10?,11-,12?/m0/s1. The van der Waals surface area contributed by atoms with Crippen LogP contribution in [0.25, 0.3) is 0 Å². The molecular formula is C15H28N2O3S. The van der Waals surface area contributed by atoms with E-state index >= 15 is 0 Å². The summed E-state index contributed by atoms with van der Waals surface area (Å²) in [7, 11) is 0. The fraction of sp³-hybridized carbons (Fsp3) is 0.867. The monoisotopic (exact) mass is 316 g/mol. The number of rotatable bonds is 6. The molecule has 21 heavy (non-hydrogen) atoms. The van der Waals surface area contributed by atoms with Crippen molar-refractivity contribution in [2.75, 3.05) is 12.0 Å². The number of aliphatic carboxylic acids is 1. The van der Waals surface area contributed by atoms with Gasteiger partial charge in [0, 0.05) is 6.04 Å². The van der Waals surface area contributed by atoms with Crippen molar-refractivity contribution in [2.24, 2.45) is 23.0 Å². The Bertz CT molecular complexity index is 387. The van der Waals surface area contributed by atoms with Crippen LogP contribution in [0.5, 0.6) is 0 Å². The predicted octanol–water partition coefficient (Wildman–Crippen LogP) is 1.71. The molecule has 4 atom stereocenters. The molecule has 0 spiro atoms. The summed E-state index contributed by atoms with van der Waals surface area (Å²) < 4.78 is 0. The predicted molar refractivity (Wildman–Crippen MR) is 86.2 cm³/mol. The van der Waals surface area contributed by atoms with Gasteiger partial charge in [0.15, 0.2) is 0 Å². The van der Waals surface area contributed by atoms with Gasteiger partial charge in [-0.05, 0) is 42.6 Å². The minimum atomic E-state index is -0.742. The topological polar surface area (TPSA) is 92.4 Å². The van der Waals surface area contributed by atoms with Crippen LogP contribution in [-0.2, 0) is 9.59 Å². The highest BCUT2D eigenvalue weighted by molar-refractivity contribution is 7.98. The van der Waals surface area contributed by atoms with Crippen LogP contribution in [0.4, 0.5) is 0 Å². The van der Waals surface area contributed by atoms with E-state index in [1.54, 1.807) is 11.8 Å². The lowest BCUT2D eigenvalue weighted by molar-refractivity contribution is -0.150. The summed E-state index contributed by atoms with van der Waals surface area (Å²) in [6.07, 6.45) is 3.94. The molecule has 0 bridgehead atoms. The van der Waals surface area contributed by atoms with Crippen LogP contribution >= 0.6 is 11.8 Å². The van der Waals surface area contributed by atoms with E-state index in [-0.39, 0.29) is 29.2 Å². The van der Waals surface area contributed by atoms with Crippen LogP contribution in [0.1, 0.15) is 40.0 Å². The molecule has 3 unspecified atom stereocenters. The van der Waals surface area contributed by atoms with Gasteiger partial charge in [-0.15, -0.1) is 0 Å². The third kappa shape index (κ3) is 4.36. The maximum atomic E-state index is 12.1. The van der Waals surface area contributed by atoms with Gasteiger partial charge in [-0.3, -0.25) is 9.59 Å². The lowest BCUT2D eigenvalue weighted by atomic mass is 9.61. The summed E-state index contributed by atoms with van der Waals surface area (Å²) in [5.74, 6) is -0.255. The van der Waals surface area contributed by atoms with Crippen molar-refractivity contribution < 1.29 is 14.7 Å². The molecule has 1 aliphatic carbocycles. The number of nitrogens with one attached hydrogen (secondary N) is 1. The first kappa shape index (κ1) is 18.3. The molecular weight excluding hydrogens is 288 g/mol. The molecule has 1 amide bonds. The largest absolute Gasteiger partial charge is 0.481 e. The Hall–Kier alpha value is -0.750. The molecule has 0 aliphatic heterocycles. The highest BCUT2D eigenvalue weighted by Crippen LogP contribution is 2.45. The van der Waals surface area contributed by atoms with Crippen LogP contribution in [-0.4, -0.2) is 41.1 Å². The first-order valence-electron chi connectivity index (χ1n) is 7.49. The van der Waals surface area contributed by atoms with Crippen LogP contribution in [0.3, 0.4) is 0 Å². The average molecular weight is 316 g/mol. The van der Waals surface area contributed by atoms with Gasteiger partial charge in [-0.2, -0.15) is 11.8 Å². The van der Waals surface area contributed by atoms with E-state index in [1.165, 1.54) is 0 Å². The normalized spacial score (nSPS) is 29.7. The summed E-state index contributed by atoms with van der Waals surface area (Å²) in [6, 6.07) is -0.478. The summed E-state index contributed by atoms with van der Waals surface area (Å²) in [5, 5.41) is 12.4. The molecule has 1 aliphatic rings. The average Bonchev–Trinajstić information content (AvgIpc) is 2.40. The second-order valence-electron chi connectivity index (χ2n) is 6.58.